The van der Waals surface area contributed by atoms with Crippen molar-refractivity contribution >= 4 is 17.8 Å². The molecule has 1 aliphatic heterocycles. The molecule has 2 aromatic carbocycles. The molecule has 0 radical (unpaired) electrons. The van der Waals surface area contributed by atoms with Crippen molar-refractivity contribution in [1.82, 2.24) is 10.6 Å². The number of hydrogen-bond acceptors (Lipinski definition) is 4. The molecule has 0 unspecified atom stereocenters. The first kappa shape index (κ1) is 17.7. The minimum absolute atomic E-state index is 0.361. The smallest absolute Gasteiger partial charge is 0.328 e. The van der Waals surface area contributed by atoms with Gasteiger partial charge in [-0.3, -0.25) is 20.2 Å². The molecule has 0 bridgehead atoms. The maximum atomic E-state index is 12.6. The zero-order valence-corrected chi connectivity index (χ0v) is 14.6. The van der Waals surface area contributed by atoms with Crippen molar-refractivity contribution in [1.29, 1.82) is 0 Å². The summed E-state index contributed by atoms with van der Waals surface area (Å²) < 4.78 is 5.81. The van der Waals surface area contributed by atoms with Gasteiger partial charge in [0, 0.05) is 0 Å². The lowest BCUT2D eigenvalue weighted by Gasteiger charge is -2.37. The maximum Gasteiger partial charge on any atom is 0.328 e. The van der Waals surface area contributed by atoms with Crippen LogP contribution in [0.1, 0.15) is 25.0 Å². The average Bonchev–Trinajstić information content (AvgIpc) is 2.60. The number of carbonyl (C=O) groups is 3. The second-order valence-electron chi connectivity index (χ2n) is 6.50. The molecule has 1 heterocycles. The lowest BCUT2D eigenvalue weighted by atomic mass is 9.69. The number of carbonyl (C=O) groups excluding carboxylic acids is 3. The highest BCUT2D eigenvalue weighted by Gasteiger charge is 2.54. The zero-order valence-electron chi connectivity index (χ0n) is 14.6. The standard InChI is InChI=1S/C20H20N2O4/c1-13(2)20(17(23)21-19(25)22-18(20)24)15-9-6-10-16(11-15)26-12-14-7-4-3-5-8-14/h3-11,13H,12H2,1-2H3,(H2,21,22,23,24,25). The van der Waals surface area contributed by atoms with Gasteiger partial charge in [0.1, 0.15) is 12.4 Å². The van der Waals surface area contributed by atoms with E-state index in [2.05, 4.69) is 10.6 Å². The summed E-state index contributed by atoms with van der Waals surface area (Å²) in [6.45, 7) is 3.91. The highest BCUT2D eigenvalue weighted by Crippen LogP contribution is 2.36. The van der Waals surface area contributed by atoms with Gasteiger partial charge in [-0.2, -0.15) is 0 Å². The summed E-state index contributed by atoms with van der Waals surface area (Å²) in [4.78, 5) is 36.7. The monoisotopic (exact) mass is 352 g/mol. The van der Waals surface area contributed by atoms with E-state index in [1.165, 1.54) is 0 Å². The van der Waals surface area contributed by atoms with Gasteiger partial charge in [0.15, 0.2) is 5.41 Å². The number of hydrogen-bond donors (Lipinski definition) is 2. The molecule has 6 nitrogen and oxygen atoms in total. The largest absolute Gasteiger partial charge is 0.489 e. The Balaban J connectivity index is 1.93. The molecular formula is C20H20N2O4. The normalized spacial score (nSPS) is 16.2. The van der Waals surface area contributed by atoms with E-state index in [4.69, 9.17) is 4.74 Å². The van der Waals surface area contributed by atoms with Gasteiger partial charge in [-0.25, -0.2) is 4.79 Å². The number of rotatable bonds is 5. The second kappa shape index (κ2) is 7.00. The first-order valence-electron chi connectivity index (χ1n) is 8.38. The third-order valence-corrected chi connectivity index (χ3v) is 4.57. The van der Waals surface area contributed by atoms with Crippen molar-refractivity contribution in [3.8, 4) is 5.75 Å². The fourth-order valence-electron chi connectivity index (χ4n) is 3.23. The molecule has 134 valence electrons. The van der Waals surface area contributed by atoms with Gasteiger partial charge in [0.2, 0.25) is 11.8 Å². The Morgan fingerprint density at radius 2 is 1.58 bits per heavy atom. The predicted octanol–water partition coefficient (Wildman–Crippen LogP) is 2.53. The third-order valence-electron chi connectivity index (χ3n) is 4.57. The van der Waals surface area contributed by atoms with Crippen molar-refractivity contribution in [2.45, 2.75) is 25.9 Å². The average molecular weight is 352 g/mol. The highest BCUT2D eigenvalue weighted by molar-refractivity contribution is 6.23. The van der Waals surface area contributed by atoms with Crippen LogP contribution in [0.2, 0.25) is 0 Å². The van der Waals surface area contributed by atoms with Crippen LogP contribution in [0.3, 0.4) is 0 Å². The quantitative estimate of drug-likeness (QED) is 0.810. The number of barbiturate groups is 1. The molecule has 4 amide bonds. The van der Waals surface area contributed by atoms with Crippen LogP contribution >= 0.6 is 0 Å². The minimum Gasteiger partial charge on any atom is -0.489 e. The van der Waals surface area contributed by atoms with E-state index >= 15 is 0 Å². The van der Waals surface area contributed by atoms with Crippen LogP contribution in [0.25, 0.3) is 0 Å². The van der Waals surface area contributed by atoms with E-state index < -0.39 is 23.3 Å². The van der Waals surface area contributed by atoms with Gasteiger partial charge in [-0.15, -0.1) is 0 Å². The Kier molecular flexibility index (Phi) is 4.75. The van der Waals surface area contributed by atoms with Gasteiger partial charge in [0.25, 0.3) is 0 Å². The Labute approximate surface area is 151 Å². The van der Waals surface area contributed by atoms with Gasteiger partial charge >= 0.3 is 6.03 Å². The minimum atomic E-state index is -1.49. The van der Waals surface area contributed by atoms with E-state index in [9.17, 15) is 14.4 Å². The number of amides is 4. The van der Waals surface area contributed by atoms with Crippen molar-refractivity contribution in [3.05, 3.63) is 65.7 Å². The van der Waals surface area contributed by atoms with Gasteiger partial charge in [0.05, 0.1) is 0 Å². The van der Waals surface area contributed by atoms with E-state index in [1.807, 2.05) is 30.3 Å². The molecule has 0 saturated carbocycles. The summed E-state index contributed by atoms with van der Waals surface area (Å²) >= 11 is 0. The van der Waals surface area contributed by atoms with Crippen molar-refractivity contribution in [2.75, 3.05) is 0 Å². The van der Waals surface area contributed by atoms with Crippen molar-refractivity contribution < 1.29 is 19.1 Å². The molecule has 0 spiro atoms. The van der Waals surface area contributed by atoms with Crippen LogP contribution in [0.15, 0.2) is 54.6 Å². The zero-order chi connectivity index (χ0) is 18.7. The lowest BCUT2D eigenvalue weighted by molar-refractivity contribution is -0.140. The Hall–Kier alpha value is -3.15. The number of benzene rings is 2. The molecule has 0 aliphatic carbocycles. The fourth-order valence-corrected chi connectivity index (χ4v) is 3.23. The van der Waals surface area contributed by atoms with Gasteiger partial charge < -0.3 is 4.74 Å². The summed E-state index contributed by atoms with van der Waals surface area (Å²) in [6.07, 6.45) is 0. The van der Waals surface area contributed by atoms with Gasteiger partial charge in [-0.05, 0) is 29.2 Å². The van der Waals surface area contributed by atoms with Crippen LogP contribution in [0, 0.1) is 5.92 Å². The number of imide groups is 2. The molecule has 1 fully saturated rings. The lowest BCUT2D eigenvalue weighted by Crippen LogP contribution is -2.66. The second-order valence-corrected chi connectivity index (χ2v) is 6.50. The van der Waals surface area contributed by atoms with E-state index in [1.54, 1.807) is 38.1 Å². The molecule has 3 rings (SSSR count). The maximum absolute atomic E-state index is 12.6. The molecule has 6 heteroatoms. The van der Waals surface area contributed by atoms with Gasteiger partial charge in [-0.1, -0.05) is 56.3 Å². The topological polar surface area (TPSA) is 84.5 Å². The number of ether oxygens (including phenoxy) is 1. The molecule has 1 saturated heterocycles. The fraction of sp³-hybridized carbons (Fsp3) is 0.250. The number of nitrogens with one attached hydrogen (secondary N) is 2. The molecule has 0 aromatic heterocycles. The van der Waals surface area contributed by atoms with E-state index in [0.29, 0.717) is 17.9 Å². The summed E-state index contributed by atoms with van der Waals surface area (Å²) in [5, 5.41) is 4.41. The molecule has 0 atom stereocenters. The van der Waals surface area contributed by atoms with Crippen molar-refractivity contribution in [3.63, 3.8) is 0 Å². The SMILES string of the molecule is CC(C)C1(c2cccc(OCc3ccccc3)c2)C(=O)NC(=O)NC1=O. The van der Waals surface area contributed by atoms with E-state index in [0.717, 1.165) is 5.56 Å². The first-order chi connectivity index (χ1) is 12.4. The van der Waals surface area contributed by atoms with Crippen LogP contribution in [-0.4, -0.2) is 17.8 Å². The third kappa shape index (κ3) is 3.06. The van der Waals surface area contributed by atoms with Crippen LogP contribution in [0.4, 0.5) is 4.79 Å². The highest BCUT2D eigenvalue weighted by atomic mass is 16.5. The molecule has 26 heavy (non-hydrogen) atoms. The van der Waals surface area contributed by atoms with Crippen molar-refractivity contribution in [2.24, 2.45) is 5.92 Å². The van der Waals surface area contributed by atoms with Crippen LogP contribution in [0.5, 0.6) is 5.75 Å². The van der Waals surface area contributed by atoms with E-state index in [-0.39, 0.29) is 5.92 Å². The summed E-state index contributed by atoms with van der Waals surface area (Å²) in [5.74, 6) is -1.06. The first-order valence-corrected chi connectivity index (χ1v) is 8.38. The molecule has 1 aliphatic rings. The Morgan fingerprint density at radius 1 is 0.923 bits per heavy atom. The Morgan fingerprint density at radius 3 is 2.19 bits per heavy atom. The predicted molar refractivity (Wildman–Crippen MR) is 95.4 cm³/mol. The van der Waals surface area contributed by atoms with Crippen LogP contribution in [-0.2, 0) is 21.6 Å². The van der Waals surface area contributed by atoms with Crippen LogP contribution < -0.4 is 15.4 Å². The molecule has 2 aromatic rings. The number of urea groups is 1. The summed E-state index contributed by atoms with van der Waals surface area (Å²) in [7, 11) is 0. The summed E-state index contributed by atoms with van der Waals surface area (Å²) in [6, 6.07) is 15.8. The molecule has 2 N–H and O–H groups in total. The summed E-state index contributed by atoms with van der Waals surface area (Å²) in [5.41, 5.74) is 0.0100. The Bertz CT molecular complexity index is 826. The molecular weight excluding hydrogens is 332 g/mol.